The Kier molecular flexibility index (Phi) is 18.3. The molecule has 4 heterocycles. The third-order valence-corrected chi connectivity index (χ3v) is 16.1. The molecule has 4 aromatic rings. The van der Waals surface area contributed by atoms with E-state index in [9.17, 15) is 33.5 Å². The number of hydrogen-bond acceptors (Lipinski definition) is 9. The van der Waals surface area contributed by atoms with Crippen molar-refractivity contribution in [2.24, 2.45) is 37.8 Å². The smallest absolute Gasteiger partial charge is 0.303 e. The van der Waals surface area contributed by atoms with Crippen LogP contribution < -0.4 is 0 Å². The number of amides is 2. The number of alkyl halides is 1. The molecule has 4 aliphatic rings. The molecule has 15 heteroatoms. The van der Waals surface area contributed by atoms with Crippen LogP contribution in [-0.2, 0) is 68.4 Å². The van der Waals surface area contributed by atoms with Crippen molar-refractivity contribution in [2.75, 3.05) is 60.4 Å². The molecule has 2 amide bonds. The maximum atomic E-state index is 13.4. The van der Waals surface area contributed by atoms with Crippen LogP contribution in [0.3, 0.4) is 0 Å². The van der Waals surface area contributed by atoms with Gasteiger partial charge in [0.05, 0.1) is 25.4 Å². The highest BCUT2D eigenvalue weighted by atomic mass is 19.1. The number of benzene rings is 2. The Morgan fingerprint density at radius 1 is 0.700 bits per heavy atom. The Labute approximate surface area is 411 Å². The number of ether oxygens (including phenoxy) is 3. The molecular formula is C55H75FN4O10. The second-order valence-electron chi connectivity index (χ2n) is 20.3. The zero-order valence-electron chi connectivity index (χ0n) is 42.0. The summed E-state index contributed by atoms with van der Waals surface area (Å²) >= 11 is 0. The largest absolute Gasteiger partial charge is 0.481 e. The van der Waals surface area contributed by atoms with Crippen LogP contribution in [0.5, 0.6) is 0 Å². The van der Waals surface area contributed by atoms with Gasteiger partial charge in [-0.2, -0.15) is 0 Å². The van der Waals surface area contributed by atoms with Crippen LogP contribution >= 0.6 is 0 Å². The summed E-state index contributed by atoms with van der Waals surface area (Å²) < 4.78 is 33.1. The van der Waals surface area contributed by atoms with Gasteiger partial charge in [-0.15, -0.1) is 0 Å². The van der Waals surface area contributed by atoms with E-state index in [1.165, 1.54) is 47.2 Å². The third kappa shape index (κ3) is 12.3. The number of esters is 1. The Morgan fingerprint density at radius 2 is 1.17 bits per heavy atom. The molecule has 0 radical (unpaired) electrons. The summed E-state index contributed by atoms with van der Waals surface area (Å²) in [6, 6.07) is 10.8. The van der Waals surface area contributed by atoms with Crippen molar-refractivity contribution < 1.29 is 52.8 Å². The van der Waals surface area contributed by atoms with Gasteiger partial charge in [0, 0.05) is 125 Å². The topological polar surface area (TPSA) is 170 Å². The highest BCUT2D eigenvalue weighted by Crippen LogP contribution is 2.41. The molecule has 2 aromatic carbocycles. The van der Waals surface area contributed by atoms with Crippen LogP contribution in [0.2, 0.25) is 0 Å². The minimum absolute atomic E-state index is 0.0272. The highest BCUT2D eigenvalue weighted by molar-refractivity contribution is 6.00. The van der Waals surface area contributed by atoms with Gasteiger partial charge >= 0.3 is 11.9 Å². The number of aliphatic carboxylic acids is 1. The Morgan fingerprint density at radius 3 is 1.61 bits per heavy atom. The summed E-state index contributed by atoms with van der Waals surface area (Å²) in [5, 5.41) is 21.3. The molecule has 2 unspecified atom stereocenters. The Hall–Kier alpha value is -5.12. The average molecular weight is 971 g/mol. The molecule has 0 saturated carbocycles. The summed E-state index contributed by atoms with van der Waals surface area (Å²) in [4.78, 5) is 64.2. The molecule has 2 saturated heterocycles. The summed E-state index contributed by atoms with van der Waals surface area (Å²) in [7, 11) is 7.54. The van der Waals surface area contributed by atoms with Crippen LogP contribution in [0.1, 0.15) is 127 Å². The van der Waals surface area contributed by atoms with E-state index < -0.39 is 30.7 Å². The first-order valence-corrected chi connectivity index (χ1v) is 25.6. The standard InChI is InChI=1S/C28H39FN2O4.C27H36N2O6/c1-30(22(18-32)7-8-23(33)4-3-13-29)28(34)21-6-10-27-25(17-21)24-16-20(5-9-26(24)31(27)2)19-11-14-35-15-12-19;1-17(30)35-16-21(6-9-26(31)32)28(2)27(33)20-5-8-25-23(15-20)22-14-19(4-7-24(22)29(25)3)18-10-12-34-13-11-18/h6,10,17,19-20,22,32H,3-5,7-9,11-16,18H2,1-2H3;5,8,15,18-19,21H,4,6-7,9-14,16H2,1-3H3,(H,31,32)/t20-,22?;19-,21?/m11/s1. The predicted molar refractivity (Wildman–Crippen MR) is 266 cm³/mol. The molecule has 4 atom stereocenters. The van der Waals surface area contributed by atoms with E-state index in [1.54, 1.807) is 19.0 Å². The van der Waals surface area contributed by atoms with Crippen molar-refractivity contribution in [1.82, 2.24) is 18.9 Å². The minimum atomic E-state index is -0.949. The molecule has 382 valence electrons. The maximum absolute atomic E-state index is 13.4. The fourth-order valence-electron chi connectivity index (χ4n) is 11.8. The lowest BCUT2D eigenvalue weighted by molar-refractivity contribution is -0.142. The number of halogens is 1. The molecule has 2 aromatic heterocycles. The molecular weight excluding hydrogens is 896 g/mol. The minimum Gasteiger partial charge on any atom is -0.481 e. The van der Waals surface area contributed by atoms with E-state index in [0.29, 0.717) is 41.2 Å². The number of ketones is 1. The zero-order chi connectivity index (χ0) is 50.1. The number of aryl methyl sites for hydroxylation is 2. The van der Waals surface area contributed by atoms with E-state index >= 15 is 0 Å². The normalized spacial score (nSPS) is 19.4. The maximum Gasteiger partial charge on any atom is 0.303 e. The third-order valence-electron chi connectivity index (χ3n) is 16.1. The Balaban J connectivity index is 0.000000206. The summed E-state index contributed by atoms with van der Waals surface area (Å²) in [5.74, 6) is 0.910. The molecule has 2 aliphatic heterocycles. The van der Waals surface area contributed by atoms with Crippen LogP contribution in [-0.4, -0.2) is 131 Å². The molecule has 0 bridgehead atoms. The van der Waals surface area contributed by atoms with Crippen molar-refractivity contribution in [3.63, 3.8) is 0 Å². The van der Waals surface area contributed by atoms with Gasteiger partial charge in [-0.05, 0) is 155 Å². The van der Waals surface area contributed by atoms with E-state index in [0.717, 1.165) is 99.6 Å². The molecule has 2 fully saturated rings. The number of aromatic nitrogens is 2. The van der Waals surface area contributed by atoms with Gasteiger partial charge in [0.1, 0.15) is 12.4 Å². The lowest BCUT2D eigenvalue weighted by atomic mass is 9.75. The number of likely N-dealkylation sites (N-methyl/N-ethyl adjacent to an activating group) is 2. The van der Waals surface area contributed by atoms with E-state index in [4.69, 9.17) is 19.3 Å². The van der Waals surface area contributed by atoms with Crippen LogP contribution in [0.4, 0.5) is 4.39 Å². The summed E-state index contributed by atoms with van der Waals surface area (Å²) in [5.41, 5.74) is 8.90. The number of aliphatic hydroxyl groups is 1. The molecule has 8 rings (SSSR count). The predicted octanol–water partition coefficient (Wildman–Crippen LogP) is 7.82. The molecule has 14 nitrogen and oxygen atoms in total. The SMILES string of the molecule is CC(=O)OCC(CCC(=O)O)N(C)C(=O)c1ccc2c(c1)c1c(n2C)CC[C@@H](C2CCOCC2)C1.CN(C(=O)c1ccc2c(c1)c1c(n2C)CC[C@@H](C2CCOCC2)C1)C(CO)CCC(=O)CCCF. The van der Waals surface area contributed by atoms with Gasteiger partial charge < -0.3 is 43.4 Å². The van der Waals surface area contributed by atoms with Gasteiger partial charge in [-0.3, -0.25) is 28.4 Å². The number of carboxylic acid groups (broad SMARTS) is 1. The van der Waals surface area contributed by atoms with Crippen LogP contribution in [0.15, 0.2) is 36.4 Å². The molecule has 0 spiro atoms. The second-order valence-corrected chi connectivity index (χ2v) is 20.3. The molecule has 70 heavy (non-hydrogen) atoms. The van der Waals surface area contributed by atoms with Crippen LogP contribution in [0, 0.1) is 23.7 Å². The van der Waals surface area contributed by atoms with Crippen LogP contribution in [0.25, 0.3) is 21.8 Å². The number of nitrogens with zero attached hydrogens (tertiary/aromatic N) is 4. The molecule has 2 aliphatic carbocycles. The number of rotatable bonds is 18. The van der Waals surface area contributed by atoms with Crippen molar-refractivity contribution in [3.8, 4) is 0 Å². The van der Waals surface area contributed by atoms with Gasteiger partial charge in [-0.25, -0.2) is 0 Å². The van der Waals surface area contributed by atoms with E-state index in [2.05, 4.69) is 23.2 Å². The van der Waals surface area contributed by atoms with Gasteiger partial charge in [0.25, 0.3) is 11.8 Å². The first-order valence-electron chi connectivity index (χ1n) is 25.6. The fraction of sp³-hybridized carbons (Fsp3) is 0.618. The lowest BCUT2D eigenvalue weighted by Gasteiger charge is -2.33. The van der Waals surface area contributed by atoms with E-state index in [1.807, 2.05) is 36.4 Å². The monoisotopic (exact) mass is 971 g/mol. The second kappa shape index (κ2) is 24.3. The number of fused-ring (bicyclic) bond motifs is 6. The number of carbonyl (C=O) groups excluding carboxylic acids is 4. The number of hydrogen-bond donors (Lipinski definition) is 2. The highest BCUT2D eigenvalue weighted by Gasteiger charge is 2.33. The van der Waals surface area contributed by atoms with Crippen molar-refractivity contribution in [2.45, 2.75) is 122 Å². The number of carbonyl (C=O) groups is 5. The average Bonchev–Trinajstić information content (AvgIpc) is 3.83. The Bertz CT molecular complexity index is 2470. The van der Waals surface area contributed by atoms with Gasteiger partial charge in [0.15, 0.2) is 0 Å². The summed E-state index contributed by atoms with van der Waals surface area (Å²) in [6.45, 7) is 3.99. The molecule has 2 N–H and O–H groups in total. The number of Topliss-reactive ketones (excluding diaryl/α,β-unsaturated/α-hetero) is 1. The van der Waals surface area contributed by atoms with Crippen molar-refractivity contribution in [3.05, 3.63) is 70.0 Å². The van der Waals surface area contributed by atoms with Crippen molar-refractivity contribution in [1.29, 1.82) is 0 Å². The fourth-order valence-corrected chi connectivity index (χ4v) is 11.8. The van der Waals surface area contributed by atoms with Crippen molar-refractivity contribution >= 4 is 51.3 Å². The first-order chi connectivity index (χ1) is 33.7. The lowest BCUT2D eigenvalue weighted by Crippen LogP contribution is -2.40. The number of carboxylic acids is 1. The van der Waals surface area contributed by atoms with Gasteiger partial charge in [-0.1, -0.05) is 0 Å². The summed E-state index contributed by atoms with van der Waals surface area (Å²) in [6.07, 6.45) is 12.3. The van der Waals surface area contributed by atoms with Gasteiger partial charge in [0.2, 0.25) is 0 Å². The quantitative estimate of drug-likeness (QED) is 0.0938. The van der Waals surface area contributed by atoms with E-state index in [-0.39, 0.29) is 62.9 Å². The number of aliphatic hydroxyl groups excluding tert-OH is 1. The zero-order valence-corrected chi connectivity index (χ0v) is 42.0. The first kappa shape index (κ1) is 52.7.